The number of aromatic nitrogens is 2. The highest BCUT2D eigenvalue weighted by Gasteiger charge is 2.18. The van der Waals surface area contributed by atoms with Crippen LogP contribution in [-0.2, 0) is 4.79 Å². The van der Waals surface area contributed by atoms with E-state index in [1.165, 1.54) is 20.3 Å². The van der Waals surface area contributed by atoms with E-state index >= 15 is 0 Å². The molecule has 0 amide bonds. The van der Waals surface area contributed by atoms with Crippen molar-refractivity contribution in [1.29, 1.82) is 0 Å². The number of methoxy groups -OCH3 is 2. The van der Waals surface area contributed by atoms with Crippen molar-refractivity contribution in [3.05, 3.63) is 6.07 Å². The fourth-order valence-electron chi connectivity index (χ4n) is 1.38. The molecule has 7 nitrogen and oxygen atoms in total. The molecule has 1 aromatic heterocycles. The lowest BCUT2D eigenvalue weighted by molar-refractivity contribution is -0.138. The number of rotatable bonds is 7. The minimum atomic E-state index is -0.942. The normalized spacial score (nSPS) is 11.7. The highest BCUT2D eigenvalue weighted by molar-refractivity contribution is 5.76. The molecule has 0 aliphatic heterocycles. The molecule has 0 radical (unpaired) electrons. The van der Waals surface area contributed by atoms with E-state index in [1.54, 1.807) is 0 Å². The summed E-state index contributed by atoms with van der Waals surface area (Å²) in [5.41, 5.74) is 0. The van der Waals surface area contributed by atoms with Crippen LogP contribution >= 0.6 is 0 Å². The average Bonchev–Trinajstić information content (AvgIpc) is 2.37. The SMILES string of the molecule is CCCC(Nc1nc(OC)cc(OC)n1)C(=O)O. The van der Waals surface area contributed by atoms with Gasteiger partial charge < -0.3 is 19.9 Å². The number of anilines is 1. The van der Waals surface area contributed by atoms with Crippen LogP contribution in [0.5, 0.6) is 11.8 Å². The van der Waals surface area contributed by atoms with Gasteiger partial charge in [0.1, 0.15) is 6.04 Å². The Balaban J connectivity index is 2.90. The molecule has 100 valence electrons. The van der Waals surface area contributed by atoms with Gasteiger partial charge >= 0.3 is 5.97 Å². The Morgan fingerprint density at radius 2 is 1.94 bits per heavy atom. The first-order valence-corrected chi connectivity index (χ1v) is 5.57. The Morgan fingerprint density at radius 1 is 1.39 bits per heavy atom. The summed E-state index contributed by atoms with van der Waals surface area (Å²) < 4.78 is 9.96. The van der Waals surface area contributed by atoms with E-state index in [-0.39, 0.29) is 5.95 Å². The maximum atomic E-state index is 11.0. The Bertz CT molecular complexity index is 389. The first kappa shape index (κ1) is 14.0. The molecule has 0 bridgehead atoms. The average molecular weight is 255 g/mol. The molecule has 1 heterocycles. The van der Waals surface area contributed by atoms with Gasteiger partial charge in [-0.3, -0.25) is 0 Å². The zero-order chi connectivity index (χ0) is 13.5. The van der Waals surface area contributed by atoms with Crippen LogP contribution in [0.1, 0.15) is 19.8 Å². The maximum Gasteiger partial charge on any atom is 0.326 e. The maximum absolute atomic E-state index is 11.0. The van der Waals surface area contributed by atoms with Crippen molar-refractivity contribution in [2.75, 3.05) is 19.5 Å². The monoisotopic (exact) mass is 255 g/mol. The molecular weight excluding hydrogens is 238 g/mol. The Kier molecular flexibility index (Phi) is 5.16. The van der Waals surface area contributed by atoms with Crippen molar-refractivity contribution >= 4 is 11.9 Å². The van der Waals surface area contributed by atoms with Crippen LogP contribution in [0.4, 0.5) is 5.95 Å². The molecule has 0 aliphatic carbocycles. The summed E-state index contributed by atoms with van der Waals surface area (Å²) in [6.07, 6.45) is 1.23. The van der Waals surface area contributed by atoms with E-state index in [1.807, 2.05) is 6.92 Å². The van der Waals surface area contributed by atoms with Gasteiger partial charge in [-0.1, -0.05) is 13.3 Å². The van der Waals surface area contributed by atoms with E-state index in [0.29, 0.717) is 18.2 Å². The Morgan fingerprint density at radius 3 is 2.33 bits per heavy atom. The fourth-order valence-corrected chi connectivity index (χ4v) is 1.38. The second-order valence-corrected chi connectivity index (χ2v) is 3.60. The van der Waals surface area contributed by atoms with Crippen molar-refractivity contribution < 1.29 is 19.4 Å². The number of carbonyl (C=O) groups is 1. The molecule has 0 saturated carbocycles. The number of carboxylic acid groups (broad SMARTS) is 1. The van der Waals surface area contributed by atoms with Gasteiger partial charge in [-0.05, 0) is 6.42 Å². The molecule has 0 spiro atoms. The molecule has 0 saturated heterocycles. The van der Waals surface area contributed by atoms with Gasteiger partial charge in [-0.25, -0.2) is 4.79 Å². The number of hydrogen-bond acceptors (Lipinski definition) is 6. The third-order valence-electron chi connectivity index (χ3n) is 2.28. The zero-order valence-corrected chi connectivity index (χ0v) is 10.6. The predicted octanol–water partition coefficient (Wildman–Crippen LogP) is 1.16. The first-order chi connectivity index (χ1) is 8.60. The summed E-state index contributed by atoms with van der Waals surface area (Å²) >= 11 is 0. The Labute approximate surface area is 105 Å². The van der Waals surface area contributed by atoms with E-state index in [2.05, 4.69) is 15.3 Å². The second kappa shape index (κ2) is 6.63. The fraction of sp³-hybridized carbons (Fsp3) is 0.545. The summed E-state index contributed by atoms with van der Waals surface area (Å²) in [7, 11) is 2.93. The van der Waals surface area contributed by atoms with Crippen LogP contribution in [0.15, 0.2) is 6.07 Å². The van der Waals surface area contributed by atoms with E-state index < -0.39 is 12.0 Å². The molecule has 2 N–H and O–H groups in total. The standard InChI is InChI=1S/C11H17N3O4/c1-4-5-7(10(15)16)12-11-13-8(17-2)6-9(14-11)18-3/h6-7H,4-5H2,1-3H3,(H,15,16)(H,12,13,14). The first-order valence-electron chi connectivity index (χ1n) is 5.57. The number of aliphatic carboxylic acids is 1. The van der Waals surface area contributed by atoms with Crippen molar-refractivity contribution in [2.45, 2.75) is 25.8 Å². The van der Waals surface area contributed by atoms with Gasteiger partial charge in [0.05, 0.1) is 20.3 Å². The number of carboxylic acids is 1. The Hall–Kier alpha value is -2.05. The van der Waals surface area contributed by atoms with Crippen LogP contribution < -0.4 is 14.8 Å². The molecule has 0 aromatic carbocycles. The predicted molar refractivity (Wildman–Crippen MR) is 65.1 cm³/mol. The quantitative estimate of drug-likeness (QED) is 0.755. The largest absolute Gasteiger partial charge is 0.481 e. The lowest BCUT2D eigenvalue weighted by Gasteiger charge is -2.14. The second-order valence-electron chi connectivity index (χ2n) is 3.60. The van der Waals surface area contributed by atoms with Gasteiger partial charge in [-0.2, -0.15) is 9.97 Å². The van der Waals surface area contributed by atoms with Crippen LogP contribution in [0.25, 0.3) is 0 Å². The molecule has 1 rings (SSSR count). The molecule has 7 heteroatoms. The highest BCUT2D eigenvalue weighted by atomic mass is 16.5. The molecule has 1 aromatic rings. The summed E-state index contributed by atoms with van der Waals surface area (Å²) in [5, 5.41) is 11.8. The minimum Gasteiger partial charge on any atom is -0.481 e. The minimum absolute atomic E-state index is 0.173. The lowest BCUT2D eigenvalue weighted by Crippen LogP contribution is -2.29. The number of nitrogens with zero attached hydrogens (tertiary/aromatic N) is 2. The molecule has 18 heavy (non-hydrogen) atoms. The van der Waals surface area contributed by atoms with Crippen molar-refractivity contribution in [3.63, 3.8) is 0 Å². The third kappa shape index (κ3) is 3.76. The lowest BCUT2D eigenvalue weighted by atomic mass is 10.2. The summed E-state index contributed by atoms with van der Waals surface area (Å²) in [6.45, 7) is 1.91. The third-order valence-corrected chi connectivity index (χ3v) is 2.28. The van der Waals surface area contributed by atoms with E-state index in [9.17, 15) is 4.79 Å². The van der Waals surface area contributed by atoms with Crippen molar-refractivity contribution in [2.24, 2.45) is 0 Å². The van der Waals surface area contributed by atoms with Crippen LogP contribution in [0.2, 0.25) is 0 Å². The molecule has 0 aliphatic rings. The molecule has 1 atom stereocenters. The molecular formula is C11H17N3O4. The summed E-state index contributed by atoms with van der Waals surface area (Å²) in [5.74, 6) is -0.149. The zero-order valence-electron chi connectivity index (χ0n) is 10.6. The smallest absolute Gasteiger partial charge is 0.326 e. The number of ether oxygens (including phenoxy) is 2. The molecule has 0 fully saturated rings. The van der Waals surface area contributed by atoms with Gasteiger partial charge in [0.25, 0.3) is 0 Å². The number of nitrogens with one attached hydrogen (secondary N) is 1. The topological polar surface area (TPSA) is 93.6 Å². The highest BCUT2D eigenvalue weighted by Crippen LogP contribution is 2.18. The van der Waals surface area contributed by atoms with Gasteiger partial charge in [0.2, 0.25) is 17.7 Å². The molecule has 1 unspecified atom stereocenters. The summed E-state index contributed by atoms with van der Waals surface area (Å²) in [6, 6.07) is 0.785. The van der Waals surface area contributed by atoms with Gasteiger partial charge in [-0.15, -0.1) is 0 Å². The van der Waals surface area contributed by atoms with Gasteiger partial charge in [0.15, 0.2) is 0 Å². The van der Waals surface area contributed by atoms with Crippen LogP contribution in [0.3, 0.4) is 0 Å². The van der Waals surface area contributed by atoms with Crippen molar-refractivity contribution in [1.82, 2.24) is 9.97 Å². The van der Waals surface area contributed by atoms with Crippen LogP contribution in [0, 0.1) is 0 Å². The van der Waals surface area contributed by atoms with Crippen LogP contribution in [-0.4, -0.2) is 41.3 Å². The number of hydrogen-bond donors (Lipinski definition) is 2. The van der Waals surface area contributed by atoms with Crippen molar-refractivity contribution in [3.8, 4) is 11.8 Å². The van der Waals surface area contributed by atoms with Gasteiger partial charge in [0, 0.05) is 0 Å². The summed E-state index contributed by atoms with van der Waals surface area (Å²) in [4.78, 5) is 19.1. The van der Waals surface area contributed by atoms with E-state index in [4.69, 9.17) is 14.6 Å². The van der Waals surface area contributed by atoms with E-state index in [0.717, 1.165) is 6.42 Å².